The van der Waals surface area contributed by atoms with E-state index in [0.717, 1.165) is 6.42 Å². The highest BCUT2D eigenvalue weighted by atomic mass is 16.5. The Kier molecular flexibility index (Phi) is 7.53. The molecule has 2 nitrogen and oxygen atoms in total. The van der Waals surface area contributed by atoms with E-state index in [1.165, 1.54) is 0 Å². The van der Waals surface area contributed by atoms with Crippen LogP contribution in [0.4, 0.5) is 0 Å². The van der Waals surface area contributed by atoms with Gasteiger partial charge in [0.15, 0.2) is 0 Å². The monoisotopic (exact) mass is 139 g/mol. The first kappa shape index (κ1) is 9.19. The van der Waals surface area contributed by atoms with Crippen molar-refractivity contribution >= 4 is 0 Å². The van der Waals surface area contributed by atoms with Crippen LogP contribution in [-0.4, -0.2) is 13.2 Å². The van der Waals surface area contributed by atoms with E-state index in [1.54, 1.807) is 0 Å². The predicted molar refractivity (Wildman–Crippen MR) is 40.5 cm³/mol. The van der Waals surface area contributed by atoms with Crippen molar-refractivity contribution in [2.24, 2.45) is 0 Å². The molecule has 0 aromatic heterocycles. The van der Waals surface area contributed by atoms with Crippen molar-refractivity contribution in [2.45, 2.75) is 19.8 Å². The van der Waals surface area contributed by atoms with Crippen molar-refractivity contribution < 1.29 is 4.74 Å². The van der Waals surface area contributed by atoms with Crippen LogP contribution < -0.4 is 0 Å². The highest BCUT2D eigenvalue weighted by Gasteiger charge is 1.80. The number of allylic oxidation sites excluding steroid dienone is 1. The van der Waals surface area contributed by atoms with Crippen LogP contribution in [0.25, 0.3) is 0 Å². The molecule has 56 valence electrons. The lowest BCUT2D eigenvalue weighted by molar-refractivity contribution is 0.168. The van der Waals surface area contributed by atoms with Crippen molar-refractivity contribution in [3.05, 3.63) is 12.2 Å². The first-order valence-corrected chi connectivity index (χ1v) is 3.51. The average Bonchev–Trinajstić information content (AvgIpc) is 1.97. The summed E-state index contributed by atoms with van der Waals surface area (Å²) in [5.74, 6) is 0. The topological polar surface area (TPSA) is 33.0 Å². The quantitative estimate of drug-likeness (QED) is 0.430. The fraction of sp³-hybridized carbons (Fsp3) is 0.625. The fourth-order valence-electron chi connectivity index (χ4n) is 0.504. The first-order valence-electron chi connectivity index (χ1n) is 3.51. The zero-order chi connectivity index (χ0) is 7.66. The molecule has 2 heteroatoms. The van der Waals surface area contributed by atoms with E-state index >= 15 is 0 Å². The van der Waals surface area contributed by atoms with Crippen LogP contribution >= 0.6 is 0 Å². The second-order valence-electron chi connectivity index (χ2n) is 1.86. The Morgan fingerprint density at radius 1 is 1.50 bits per heavy atom. The third kappa shape index (κ3) is 7.19. The van der Waals surface area contributed by atoms with Crippen molar-refractivity contribution in [1.82, 2.24) is 0 Å². The Morgan fingerprint density at radius 2 is 2.30 bits per heavy atom. The molecular weight excluding hydrogens is 126 g/mol. The number of ether oxygens (including phenoxy) is 1. The Labute approximate surface area is 62.1 Å². The lowest BCUT2D eigenvalue weighted by Gasteiger charge is -1.93. The Hall–Kier alpha value is -0.810. The lowest BCUT2D eigenvalue weighted by atomic mass is 10.4. The molecule has 0 saturated heterocycles. The number of rotatable bonds is 5. The molecule has 0 aliphatic rings. The summed E-state index contributed by atoms with van der Waals surface area (Å²) in [6, 6.07) is 2.01. The maximum Gasteiger partial charge on any atom is 0.0647 e. The van der Waals surface area contributed by atoms with Gasteiger partial charge in [0.05, 0.1) is 25.7 Å². The summed E-state index contributed by atoms with van der Waals surface area (Å²) >= 11 is 0. The molecule has 0 radical (unpaired) electrons. The highest BCUT2D eigenvalue weighted by Crippen LogP contribution is 1.83. The molecule has 0 aromatic rings. The van der Waals surface area contributed by atoms with E-state index in [2.05, 4.69) is 6.92 Å². The summed E-state index contributed by atoms with van der Waals surface area (Å²) in [4.78, 5) is 0. The summed E-state index contributed by atoms with van der Waals surface area (Å²) in [5.41, 5.74) is 0. The van der Waals surface area contributed by atoms with Gasteiger partial charge in [0.25, 0.3) is 0 Å². The zero-order valence-electron chi connectivity index (χ0n) is 6.34. The third-order valence-corrected chi connectivity index (χ3v) is 0.975. The van der Waals surface area contributed by atoms with Crippen molar-refractivity contribution in [3.63, 3.8) is 0 Å². The maximum absolute atomic E-state index is 8.12. The zero-order valence-corrected chi connectivity index (χ0v) is 6.34. The Bertz CT molecular complexity index is 124. The smallest absolute Gasteiger partial charge is 0.0647 e. The minimum atomic E-state index is 0.486. The number of hydrogen-bond donors (Lipinski definition) is 0. The fourth-order valence-corrected chi connectivity index (χ4v) is 0.504. The first-order chi connectivity index (χ1) is 4.91. The molecule has 0 fully saturated rings. The Balaban J connectivity index is 2.92. The van der Waals surface area contributed by atoms with Crippen LogP contribution in [-0.2, 0) is 4.74 Å². The summed E-state index contributed by atoms with van der Waals surface area (Å²) in [6.45, 7) is 3.26. The number of nitriles is 1. The highest BCUT2D eigenvalue weighted by molar-refractivity contribution is 4.79. The van der Waals surface area contributed by atoms with Gasteiger partial charge in [0.2, 0.25) is 0 Å². The molecule has 0 saturated carbocycles. The number of nitrogens with zero attached hydrogens (tertiary/aromatic N) is 1. The van der Waals surface area contributed by atoms with E-state index in [-0.39, 0.29) is 0 Å². The van der Waals surface area contributed by atoms with Gasteiger partial charge in [-0.1, -0.05) is 19.1 Å². The molecular formula is C8H13NO. The molecule has 0 rings (SSSR count). The molecule has 10 heavy (non-hydrogen) atoms. The molecule has 0 amide bonds. The van der Waals surface area contributed by atoms with Gasteiger partial charge in [-0.15, -0.1) is 0 Å². The molecule has 0 unspecified atom stereocenters. The standard InChI is InChI=1S/C8H13NO/c1-2-3-4-7-10-8-5-6-9/h3-4H,2,5,7-8H2,1H3. The minimum Gasteiger partial charge on any atom is -0.376 e. The van der Waals surface area contributed by atoms with E-state index in [4.69, 9.17) is 10.00 Å². The van der Waals surface area contributed by atoms with E-state index in [1.807, 2.05) is 18.2 Å². The molecule has 0 heterocycles. The van der Waals surface area contributed by atoms with Crippen LogP contribution in [0, 0.1) is 11.3 Å². The largest absolute Gasteiger partial charge is 0.376 e. The molecule has 0 aliphatic heterocycles. The predicted octanol–water partition coefficient (Wildman–Crippen LogP) is 1.88. The van der Waals surface area contributed by atoms with Crippen LogP contribution in [0.2, 0.25) is 0 Å². The second-order valence-corrected chi connectivity index (χ2v) is 1.86. The summed E-state index contributed by atoms with van der Waals surface area (Å²) < 4.78 is 5.07. The molecule has 0 N–H and O–H groups in total. The summed E-state index contributed by atoms with van der Waals surface area (Å²) in [5, 5.41) is 8.12. The van der Waals surface area contributed by atoms with Gasteiger partial charge in [0, 0.05) is 0 Å². The van der Waals surface area contributed by atoms with Crippen LogP contribution in [0.3, 0.4) is 0 Å². The molecule has 0 bridgehead atoms. The molecule has 0 atom stereocenters. The molecule has 0 aliphatic carbocycles. The van der Waals surface area contributed by atoms with E-state index in [0.29, 0.717) is 19.6 Å². The van der Waals surface area contributed by atoms with Crippen LogP contribution in [0.5, 0.6) is 0 Å². The lowest BCUT2D eigenvalue weighted by Crippen LogP contribution is -1.91. The van der Waals surface area contributed by atoms with E-state index in [9.17, 15) is 0 Å². The van der Waals surface area contributed by atoms with E-state index < -0.39 is 0 Å². The van der Waals surface area contributed by atoms with Gasteiger partial charge in [-0.05, 0) is 6.42 Å². The summed E-state index contributed by atoms with van der Waals surface area (Å²) in [7, 11) is 0. The van der Waals surface area contributed by atoms with Gasteiger partial charge in [0.1, 0.15) is 0 Å². The van der Waals surface area contributed by atoms with Crippen molar-refractivity contribution in [2.75, 3.05) is 13.2 Å². The summed E-state index contributed by atoms with van der Waals surface area (Å²) in [6.07, 6.45) is 5.55. The maximum atomic E-state index is 8.12. The van der Waals surface area contributed by atoms with Gasteiger partial charge in [-0.2, -0.15) is 5.26 Å². The Morgan fingerprint density at radius 3 is 2.90 bits per heavy atom. The molecule has 0 aromatic carbocycles. The van der Waals surface area contributed by atoms with Crippen LogP contribution in [0.15, 0.2) is 12.2 Å². The van der Waals surface area contributed by atoms with Crippen molar-refractivity contribution in [1.29, 1.82) is 5.26 Å². The van der Waals surface area contributed by atoms with Crippen molar-refractivity contribution in [3.8, 4) is 6.07 Å². The van der Waals surface area contributed by atoms with Gasteiger partial charge in [-0.25, -0.2) is 0 Å². The molecule has 0 spiro atoms. The van der Waals surface area contributed by atoms with Gasteiger partial charge >= 0.3 is 0 Å². The van der Waals surface area contributed by atoms with Crippen LogP contribution in [0.1, 0.15) is 19.8 Å². The third-order valence-electron chi connectivity index (χ3n) is 0.975. The van der Waals surface area contributed by atoms with Gasteiger partial charge < -0.3 is 4.74 Å². The average molecular weight is 139 g/mol. The minimum absolute atomic E-state index is 0.486. The second kappa shape index (κ2) is 8.19. The normalized spacial score (nSPS) is 10.0. The van der Waals surface area contributed by atoms with Gasteiger partial charge in [-0.3, -0.25) is 0 Å². The SMILES string of the molecule is CCC=CCOCCC#N. The number of hydrogen-bond acceptors (Lipinski definition) is 2.